The molecule has 1 aromatic carbocycles. The zero-order chi connectivity index (χ0) is 14.1. The van der Waals surface area contributed by atoms with Crippen LogP contribution >= 0.6 is 15.9 Å². The first-order chi connectivity index (χ1) is 9.08. The first kappa shape index (κ1) is 16.7. The Morgan fingerprint density at radius 3 is 2.74 bits per heavy atom. The Bertz CT molecular complexity index is 352. The van der Waals surface area contributed by atoms with Crippen LogP contribution in [-0.4, -0.2) is 31.6 Å². The molecule has 0 aromatic heterocycles. The molecular weight excluding hydrogens is 300 g/mol. The number of hydrogen-bond acceptors (Lipinski definition) is 2. The van der Waals surface area contributed by atoms with Crippen LogP contribution < -0.4 is 5.32 Å². The molecule has 1 N–H and O–H groups in total. The SMILES string of the molecule is CC(C)CNCCCCN(C)Cc1cccc(Br)c1. The Morgan fingerprint density at radius 2 is 2.05 bits per heavy atom. The summed E-state index contributed by atoms with van der Waals surface area (Å²) < 4.78 is 1.16. The molecule has 0 unspecified atom stereocenters. The Balaban J connectivity index is 2.09. The molecular formula is C16H27BrN2. The van der Waals surface area contributed by atoms with Crippen molar-refractivity contribution in [3.63, 3.8) is 0 Å². The van der Waals surface area contributed by atoms with Gasteiger partial charge in [-0.15, -0.1) is 0 Å². The van der Waals surface area contributed by atoms with Crippen LogP contribution in [0.2, 0.25) is 0 Å². The smallest absolute Gasteiger partial charge is 0.0231 e. The topological polar surface area (TPSA) is 15.3 Å². The van der Waals surface area contributed by atoms with Crippen molar-refractivity contribution in [3.05, 3.63) is 34.3 Å². The van der Waals surface area contributed by atoms with Crippen molar-refractivity contribution >= 4 is 15.9 Å². The van der Waals surface area contributed by atoms with Crippen LogP contribution in [-0.2, 0) is 6.54 Å². The quantitative estimate of drug-likeness (QED) is 0.692. The van der Waals surface area contributed by atoms with Gasteiger partial charge in [0, 0.05) is 11.0 Å². The van der Waals surface area contributed by atoms with E-state index in [0.29, 0.717) is 0 Å². The van der Waals surface area contributed by atoms with Crippen LogP contribution in [0, 0.1) is 5.92 Å². The van der Waals surface area contributed by atoms with Crippen LogP contribution in [0.25, 0.3) is 0 Å². The molecule has 1 aromatic rings. The lowest BCUT2D eigenvalue weighted by Gasteiger charge is -2.17. The normalized spacial score (nSPS) is 11.5. The second-order valence-corrected chi connectivity index (χ2v) is 6.59. The first-order valence-electron chi connectivity index (χ1n) is 7.21. The molecule has 2 nitrogen and oxygen atoms in total. The molecule has 0 atom stereocenters. The fraction of sp³-hybridized carbons (Fsp3) is 0.625. The van der Waals surface area contributed by atoms with Gasteiger partial charge in [-0.1, -0.05) is 41.9 Å². The number of benzene rings is 1. The lowest BCUT2D eigenvalue weighted by molar-refractivity contribution is 0.317. The highest BCUT2D eigenvalue weighted by Gasteiger charge is 2.01. The Hall–Kier alpha value is -0.380. The molecule has 0 amide bonds. The Kier molecular flexibility index (Phi) is 8.35. The number of hydrogen-bond donors (Lipinski definition) is 1. The largest absolute Gasteiger partial charge is 0.316 e. The third-order valence-electron chi connectivity index (χ3n) is 3.04. The zero-order valence-corrected chi connectivity index (χ0v) is 14.0. The first-order valence-corrected chi connectivity index (χ1v) is 8.01. The van der Waals surface area contributed by atoms with Gasteiger partial charge in [-0.25, -0.2) is 0 Å². The lowest BCUT2D eigenvalue weighted by atomic mass is 10.2. The van der Waals surface area contributed by atoms with Gasteiger partial charge in [0.25, 0.3) is 0 Å². The van der Waals surface area contributed by atoms with Crippen molar-refractivity contribution in [2.45, 2.75) is 33.2 Å². The van der Waals surface area contributed by atoms with Gasteiger partial charge < -0.3 is 10.2 Å². The van der Waals surface area contributed by atoms with Gasteiger partial charge in [-0.2, -0.15) is 0 Å². The van der Waals surface area contributed by atoms with Crippen LogP contribution in [0.3, 0.4) is 0 Å². The molecule has 0 spiro atoms. The minimum absolute atomic E-state index is 0.749. The summed E-state index contributed by atoms with van der Waals surface area (Å²) in [6, 6.07) is 8.55. The second-order valence-electron chi connectivity index (χ2n) is 5.67. The molecule has 0 saturated carbocycles. The van der Waals surface area contributed by atoms with Gasteiger partial charge in [-0.3, -0.25) is 0 Å². The van der Waals surface area contributed by atoms with Gasteiger partial charge in [0.15, 0.2) is 0 Å². The van der Waals surface area contributed by atoms with Crippen molar-refractivity contribution in [1.29, 1.82) is 0 Å². The minimum atomic E-state index is 0.749. The predicted octanol–water partition coefficient (Wildman–Crippen LogP) is 3.91. The zero-order valence-electron chi connectivity index (χ0n) is 12.5. The minimum Gasteiger partial charge on any atom is -0.316 e. The maximum atomic E-state index is 3.52. The maximum absolute atomic E-state index is 3.52. The summed E-state index contributed by atoms with van der Waals surface area (Å²) >= 11 is 3.52. The van der Waals surface area contributed by atoms with Crippen LogP contribution in [0.5, 0.6) is 0 Å². The molecule has 3 heteroatoms. The third kappa shape index (κ3) is 8.40. The van der Waals surface area contributed by atoms with Crippen molar-refractivity contribution in [3.8, 4) is 0 Å². The molecule has 0 aliphatic carbocycles. The molecule has 19 heavy (non-hydrogen) atoms. The van der Waals surface area contributed by atoms with E-state index in [9.17, 15) is 0 Å². The molecule has 0 radical (unpaired) electrons. The van der Waals surface area contributed by atoms with Crippen molar-refractivity contribution < 1.29 is 0 Å². The van der Waals surface area contributed by atoms with E-state index in [0.717, 1.165) is 36.6 Å². The highest BCUT2D eigenvalue weighted by atomic mass is 79.9. The average molecular weight is 327 g/mol. The van der Waals surface area contributed by atoms with E-state index >= 15 is 0 Å². The Morgan fingerprint density at radius 1 is 1.26 bits per heavy atom. The highest BCUT2D eigenvalue weighted by molar-refractivity contribution is 9.10. The molecule has 0 saturated heterocycles. The maximum Gasteiger partial charge on any atom is 0.0231 e. The Labute approximate surface area is 126 Å². The number of rotatable bonds is 9. The van der Waals surface area contributed by atoms with E-state index < -0.39 is 0 Å². The van der Waals surface area contributed by atoms with Crippen molar-refractivity contribution in [2.24, 2.45) is 5.92 Å². The standard InChI is InChI=1S/C16H27BrN2/c1-14(2)12-18-9-4-5-10-19(3)13-15-7-6-8-16(17)11-15/h6-8,11,14,18H,4-5,9-10,12-13H2,1-3H3. The van der Waals surface area contributed by atoms with Gasteiger partial charge in [0.05, 0.1) is 0 Å². The van der Waals surface area contributed by atoms with E-state index in [1.165, 1.54) is 18.4 Å². The summed E-state index contributed by atoms with van der Waals surface area (Å²) in [7, 11) is 2.20. The van der Waals surface area contributed by atoms with E-state index in [4.69, 9.17) is 0 Å². The fourth-order valence-electron chi connectivity index (χ4n) is 2.05. The summed E-state index contributed by atoms with van der Waals surface area (Å²) in [5.41, 5.74) is 1.37. The van der Waals surface area contributed by atoms with Gasteiger partial charge >= 0.3 is 0 Å². The molecule has 0 heterocycles. The average Bonchev–Trinajstić information content (AvgIpc) is 2.33. The van der Waals surface area contributed by atoms with E-state index in [1.807, 2.05) is 0 Å². The van der Waals surface area contributed by atoms with Crippen molar-refractivity contribution in [1.82, 2.24) is 10.2 Å². The highest BCUT2D eigenvalue weighted by Crippen LogP contribution is 2.13. The van der Waals surface area contributed by atoms with Crippen LogP contribution in [0.4, 0.5) is 0 Å². The molecule has 0 aliphatic heterocycles. The number of nitrogens with zero attached hydrogens (tertiary/aromatic N) is 1. The number of nitrogens with one attached hydrogen (secondary N) is 1. The van der Waals surface area contributed by atoms with Crippen LogP contribution in [0.15, 0.2) is 28.7 Å². The second kappa shape index (κ2) is 9.51. The molecule has 108 valence electrons. The summed E-state index contributed by atoms with van der Waals surface area (Å²) in [5, 5.41) is 3.49. The van der Waals surface area contributed by atoms with E-state index in [1.54, 1.807) is 0 Å². The number of halogens is 1. The van der Waals surface area contributed by atoms with E-state index in [2.05, 4.69) is 71.3 Å². The van der Waals surface area contributed by atoms with E-state index in [-0.39, 0.29) is 0 Å². The molecule has 0 aliphatic rings. The summed E-state index contributed by atoms with van der Waals surface area (Å²) in [6.45, 7) is 8.96. The summed E-state index contributed by atoms with van der Waals surface area (Å²) in [5.74, 6) is 0.749. The summed E-state index contributed by atoms with van der Waals surface area (Å²) in [6.07, 6.45) is 2.52. The molecule has 0 bridgehead atoms. The predicted molar refractivity (Wildman–Crippen MR) is 87.4 cm³/mol. The summed E-state index contributed by atoms with van der Waals surface area (Å²) in [4.78, 5) is 2.39. The van der Waals surface area contributed by atoms with Crippen LogP contribution in [0.1, 0.15) is 32.3 Å². The molecule has 1 rings (SSSR count). The monoisotopic (exact) mass is 326 g/mol. The third-order valence-corrected chi connectivity index (χ3v) is 3.53. The van der Waals surface area contributed by atoms with Gasteiger partial charge in [0.2, 0.25) is 0 Å². The van der Waals surface area contributed by atoms with Gasteiger partial charge in [-0.05, 0) is 63.1 Å². The lowest BCUT2D eigenvalue weighted by Crippen LogP contribution is -2.23. The van der Waals surface area contributed by atoms with Crippen molar-refractivity contribution in [2.75, 3.05) is 26.7 Å². The number of unbranched alkanes of at least 4 members (excludes halogenated alkanes) is 1. The van der Waals surface area contributed by atoms with Gasteiger partial charge in [0.1, 0.15) is 0 Å². The molecule has 0 fully saturated rings. The fourth-order valence-corrected chi connectivity index (χ4v) is 2.50.